The zero-order valence-corrected chi connectivity index (χ0v) is 8.57. The summed E-state index contributed by atoms with van der Waals surface area (Å²) in [6, 6.07) is 7.24. The minimum absolute atomic E-state index is 0.595. The van der Waals surface area contributed by atoms with Crippen LogP contribution in [0.5, 0.6) is 0 Å². The van der Waals surface area contributed by atoms with Crippen LogP contribution in [-0.2, 0) is 0 Å². The van der Waals surface area contributed by atoms with E-state index >= 15 is 0 Å². The Bertz CT molecular complexity index is 422. The van der Waals surface area contributed by atoms with Crippen LogP contribution in [0.15, 0.2) is 29.4 Å². The molecule has 4 heteroatoms. The Balaban J connectivity index is 2.71. The number of azide groups is 1. The van der Waals surface area contributed by atoms with E-state index in [1.807, 2.05) is 19.2 Å². The fraction of sp³-hybridized carbons (Fsp3) is 0.273. The molecule has 0 aliphatic carbocycles. The lowest BCUT2D eigenvalue weighted by Crippen LogP contribution is -2.05. The molecule has 0 saturated carbocycles. The van der Waals surface area contributed by atoms with Crippen LogP contribution in [0.2, 0.25) is 0 Å². The second-order valence-electron chi connectivity index (χ2n) is 2.90. The van der Waals surface area contributed by atoms with Gasteiger partial charge in [0, 0.05) is 29.1 Å². The Labute approximate surface area is 88.9 Å². The van der Waals surface area contributed by atoms with Crippen LogP contribution >= 0.6 is 0 Å². The average molecular weight is 200 g/mol. The second-order valence-corrected chi connectivity index (χ2v) is 2.90. The van der Waals surface area contributed by atoms with Crippen LogP contribution in [0.1, 0.15) is 12.0 Å². The Morgan fingerprint density at radius 1 is 1.53 bits per heavy atom. The first-order valence-corrected chi connectivity index (χ1v) is 4.65. The largest absolute Gasteiger partial charge is 0.319 e. The molecule has 0 aliphatic rings. The summed E-state index contributed by atoms with van der Waals surface area (Å²) >= 11 is 0. The lowest BCUT2D eigenvalue weighted by atomic mass is 10.2. The summed E-state index contributed by atoms with van der Waals surface area (Å²) in [5.41, 5.74) is 9.74. The van der Waals surface area contributed by atoms with E-state index in [0.717, 1.165) is 18.5 Å². The molecule has 0 heterocycles. The van der Waals surface area contributed by atoms with Gasteiger partial charge in [0.15, 0.2) is 0 Å². The molecule has 1 aromatic rings. The van der Waals surface area contributed by atoms with Crippen molar-refractivity contribution < 1.29 is 0 Å². The van der Waals surface area contributed by atoms with Crippen molar-refractivity contribution in [3.05, 3.63) is 40.3 Å². The third-order valence-corrected chi connectivity index (χ3v) is 1.74. The molecule has 0 bridgehead atoms. The average Bonchev–Trinajstić information content (AvgIpc) is 2.26. The van der Waals surface area contributed by atoms with Gasteiger partial charge >= 0.3 is 0 Å². The van der Waals surface area contributed by atoms with Crippen molar-refractivity contribution in [3.63, 3.8) is 0 Å². The van der Waals surface area contributed by atoms with Crippen molar-refractivity contribution in [2.24, 2.45) is 5.11 Å². The molecule has 0 fully saturated rings. The van der Waals surface area contributed by atoms with Gasteiger partial charge < -0.3 is 5.32 Å². The summed E-state index contributed by atoms with van der Waals surface area (Å²) in [5.74, 6) is 6.03. The zero-order chi connectivity index (χ0) is 10.9. The molecular formula is C11H12N4. The van der Waals surface area contributed by atoms with Gasteiger partial charge in [-0.3, -0.25) is 0 Å². The van der Waals surface area contributed by atoms with Crippen LogP contribution < -0.4 is 5.32 Å². The highest BCUT2D eigenvalue weighted by Crippen LogP contribution is 2.13. The van der Waals surface area contributed by atoms with E-state index < -0.39 is 0 Å². The first kappa shape index (κ1) is 11.1. The van der Waals surface area contributed by atoms with E-state index in [0.29, 0.717) is 5.69 Å². The molecule has 0 radical (unpaired) electrons. The van der Waals surface area contributed by atoms with Crippen molar-refractivity contribution in [2.75, 3.05) is 13.6 Å². The first-order valence-electron chi connectivity index (χ1n) is 4.65. The SMILES string of the molecule is CNCCC#Cc1cccc(N=[N+]=[N-])c1. The molecular weight excluding hydrogens is 188 g/mol. The number of nitrogens with one attached hydrogen (secondary N) is 1. The Morgan fingerprint density at radius 3 is 3.13 bits per heavy atom. The van der Waals surface area contributed by atoms with Crippen molar-refractivity contribution in [2.45, 2.75) is 6.42 Å². The summed E-state index contributed by atoms with van der Waals surface area (Å²) in [7, 11) is 1.89. The van der Waals surface area contributed by atoms with Crippen molar-refractivity contribution in [1.82, 2.24) is 5.32 Å². The fourth-order valence-electron chi connectivity index (χ4n) is 1.05. The van der Waals surface area contributed by atoms with Crippen molar-refractivity contribution >= 4 is 5.69 Å². The van der Waals surface area contributed by atoms with Gasteiger partial charge in [-0.1, -0.05) is 29.1 Å². The third kappa shape index (κ3) is 4.19. The summed E-state index contributed by atoms with van der Waals surface area (Å²) in [6.45, 7) is 0.878. The maximum absolute atomic E-state index is 8.27. The molecule has 0 saturated heterocycles. The fourth-order valence-corrected chi connectivity index (χ4v) is 1.05. The number of hydrogen-bond acceptors (Lipinski definition) is 2. The van der Waals surface area contributed by atoms with E-state index in [4.69, 9.17) is 5.53 Å². The van der Waals surface area contributed by atoms with E-state index in [1.165, 1.54) is 0 Å². The maximum atomic E-state index is 8.27. The number of nitrogens with zero attached hydrogens (tertiary/aromatic N) is 3. The molecule has 1 rings (SSSR count). The minimum Gasteiger partial charge on any atom is -0.319 e. The molecule has 1 N–H and O–H groups in total. The summed E-state index contributed by atoms with van der Waals surface area (Å²) < 4.78 is 0. The molecule has 0 amide bonds. The van der Waals surface area contributed by atoms with Crippen LogP contribution in [0.3, 0.4) is 0 Å². The third-order valence-electron chi connectivity index (χ3n) is 1.74. The first-order chi connectivity index (χ1) is 7.36. The number of rotatable bonds is 3. The molecule has 4 nitrogen and oxygen atoms in total. The molecule has 0 aliphatic heterocycles. The van der Waals surface area contributed by atoms with Gasteiger partial charge in [-0.15, -0.1) is 0 Å². The summed E-state index contributed by atoms with van der Waals surface area (Å²) in [4.78, 5) is 2.72. The van der Waals surface area contributed by atoms with E-state index in [9.17, 15) is 0 Å². The predicted octanol–water partition coefficient (Wildman–Crippen LogP) is 2.59. The Morgan fingerprint density at radius 2 is 2.40 bits per heavy atom. The second kappa shape index (κ2) is 6.50. The van der Waals surface area contributed by atoms with Gasteiger partial charge in [-0.05, 0) is 24.7 Å². The van der Waals surface area contributed by atoms with E-state index in [-0.39, 0.29) is 0 Å². The lowest BCUT2D eigenvalue weighted by molar-refractivity contribution is 0.818. The molecule has 1 aromatic carbocycles. The van der Waals surface area contributed by atoms with Crippen LogP contribution in [-0.4, -0.2) is 13.6 Å². The predicted molar refractivity (Wildman–Crippen MR) is 60.7 cm³/mol. The van der Waals surface area contributed by atoms with E-state index in [1.54, 1.807) is 12.1 Å². The van der Waals surface area contributed by atoms with Crippen molar-refractivity contribution in [1.29, 1.82) is 0 Å². The monoisotopic (exact) mass is 200 g/mol. The highest BCUT2D eigenvalue weighted by molar-refractivity contribution is 5.46. The topological polar surface area (TPSA) is 60.8 Å². The summed E-state index contributed by atoms with van der Waals surface area (Å²) in [6.07, 6.45) is 0.808. The Kier molecular flexibility index (Phi) is 4.82. The standard InChI is InChI=1S/C11H12N4/c1-13-8-3-2-5-10-6-4-7-11(9-10)14-15-12/h4,6-7,9,13H,3,8H2,1H3. The van der Waals surface area contributed by atoms with Gasteiger partial charge in [-0.2, -0.15) is 0 Å². The van der Waals surface area contributed by atoms with E-state index in [2.05, 4.69) is 27.2 Å². The van der Waals surface area contributed by atoms with Gasteiger partial charge in [0.25, 0.3) is 0 Å². The molecule has 0 spiro atoms. The van der Waals surface area contributed by atoms with Crippen LogP contribution in [0.4, 0.5) is 5.69 Å². The normalized spacial score (nSPS) is 8.60. The summed E-state index contributed by atoms with van der Waals surface area (Å²) in [5, 5.41) is 6.53. The highest BCUT2D eigenvalue weighted by Gasteiger charge is 1.89. The Hall–Kier alpha value is -1.95. The number of hydrogen-bond donors (Lipinski definition) is 1. The minimum atomic E-state index is 0.595. The van der Waals surface area contributed by atoms with Crippen LogP contribution in [0.25, 0.3) is 10.4 Å². The molecule has 0 aromatic heterocycles. The zero-order valence-electron chi connectivity index (χ0n) is 8.57. The lowest BCUT2D eigenvalue weighted by Gasteiger charge is -1.92. The molecule has 15 heavy (non-hydrogen) atoms. The highest BCUT2D eigenvalue weighted by atomic mass is 15.1. The van der Waals surface area contributed by atoms with Gasteiger partial charge in [0.2, 0.25) is 0 Å². The molecule has 0 atom stereocenters. The number of benzene rings is 1. The van der Waals surface area contributed by atoms with Gasteiger partial charge in [-0.25, -0.2) is 0 Å². The van der Waals surface area contributed by atoms with Gasteiger partial charge in [0.1, 0.15) is 0 Å². The van der Waals surface area contributed by atoms with Crippen LogP contribution in [0, 0.1) is 11.8 Å². The smallest absolute Gasteiger partial charge is 0.0387 e. The van der Waals surface area contributed by atoms with Gasteiger partial charge in [0.05, 0.1) is 0 Å². The maximum Gasteiger partial charge on any atom is 0.0387 e. The molecule has 76 valence electrons. The quantitative estimate of drug-likeness (QED) is 0.263. The molecule has 0 unspecified atom stereocenters. The van der Waals surface area contributed by atoms with Crippen molar-refractivity contribution in [3.8, 4) is 11.8 Å².